The second-order valence-electron chi connectivity index (χ2n) is 7.28. The van der Waals surface area contributed by atoms with Gasteiger partial charge in [0.15, 0.2) is 0 Å². The van der Waals surface area contributed by atoms with Crippen LogP contribution in [0.2, 0.25) is 0 Å². The topological polar surface area (TPSA) is 12.9 Å². The van der Waals surface area contributed by atoms with Crippen molar-refractivity contribution in [2.24, 2.45) is 29.6 Å². The van der Waals surface area contributed by atoms with Crippen molar-refractivity contribution in [3.63, 3.8) is 0 Å². The molecule has 3 fully saturated rings. The number of fused-ring (bicyclic) bond motifs is 6. The smallest absolute Gasteiger partial charge is 0.0705 e. The Bertz CT molecular complexity index is 681. The highest BCUT2D eigenvalue weighted by molar-refractivity contribution is 6.21. The normalized spacial score (nSPS) is 37.7. The van der Waals surface area contributed by atoms with Gasteiger partial charge in [-0.2, -0.15) is 0 Å². The lowest BCUT2D eigenvalue weighted by Gasteiger charge is -2.14. The standard InChI is InChI=1S/C19H20ClN/c20-15(19-17-12-5-6-13(9-12)18(17)19)10-14-8-7-11-3-1-2-4-16(11)21-14/h1-4,7-8,12-13,15,17-19H,5-6,9-10H2. The van der Waals surface area contributed by atoms with Crippen LogP contribution in [0.25, 0.3) is 10.9 Å². The van der Waals surface area contributed by atoms with Gasteiger partial charge in [0.25, 0.3) is 0 Å². The number of benzene rings is 1. The van der Waals surface area contributed by atoms with Crippen LogP contribution in [0.3, 0.4) is 0 Å². The molecule has 0 spiro atoms. The Kier molecular flexibility index (Phi) is 2.65. The summed E-state index contributed by atoms with van der Waals surface area (Å²) in [4.78, 5) is 4.79. The Balaban J connectivity index is 1.35. The summed E-state index contributed by atoms with van der Waals surface area (Å²) in [5, 5.41) is 1.51. The fraction of sp³-hybridized carbons (Fsp3) is 0.526. The maximum absolute atomic E-state index is 6.78. The van der Waals surface area contributed by atoms with Crippen LogP contribution in [0.15, 0.2) is 36.4 Å². The molecule has 2 aromatic rings. The van der Waals surface area contributed by atoms with E-state index in [0.717, 1.165) is 47.2 Å². The fourth-order valence-electron chi connectivity index (χ4n) is 5.43. The largest absolute Gasteiger partial charge is 0.253 e. The number of aromatic nitrogens is 1. The van der Waals surface area contributed by atoms with Gasteiger partial charge in [0.2, 0.25) is 0 Å². The van der Waals surface area contributed by atoms with E-state index in [4.69, 9.17) is 16.6 Å². The third kappa shape index (κ3) is 1.86. The molecular formula is C19H20ClN. The minimum atomic E-state index is 0.289. The van der Waals surface area contributed by atoms with E-state index in [9.17, 15) is 0 Å². The highest BCUT2D eigenvalue weighted by Gasteiger charge is 2.66. The molecule has 108 valence electrons. The maximum atomic E-state index is 6.78. The van der Waals surface area contributed by atoms with Crippen LogP contribution in [0.4, 0.5) is 0 Å². The lowest BCUT2D eigenvalue weighted by atomic mass is 9.98. The summed E-state index contributed by atoms with van der Waals surface area (Å²) in [6.45, 7) is 0. The van der Waals surface area contributed by atoms with Crippen LogP contribution in [0.5, 0.6) is 0 Å². The first-order valence-electron chi connectivity index (χ1n) is 8.30. The summed E-state index contributed by atoms with van der Waals surface area (Å²) in [7, 11) is 0. The predicted molar refractivity (Wildman–Crippen MR) is 86.4 cm³/mol. The van der Waals surface area contributed by atoms with E-state index in [1.165, 1.54) is 24.6 Å². The Morgan fingerprint density at radius 2 is 1.81 bits per heavy atom. The van der Waals surface area contributed by atoms with Gasteiger partial charge in [-0.1, -0.05) is 24.3 Å². The van der Waals surface area contributed by atoms with E-state index < -0.39 is 0 Å². The monoisotopic (exact) mass is 297 g/mol. The lowest BCUT2D eigenvalue weighted by molar-refractivity contribution is 0.449. The zero-order valence-corrected chi connectivity index (χ0v) is 12.8. The number of pyridine rings is 1. The maximum Gasteiger partial charge on any atom is 0.0705 e. The van der Waals surface area contributed by atoms with Crippen molar-refractivity contribution in [3.05, 3.63) is 42.1 Å². The van der Waals surface area contributed by atoms with E-state index in [-0.39, 0.29) is 5.38 Å². The number of nitrogens with zero attached hydrogens (tertiary/aromatic N) is 1. The SMILES string of the molecule is ClC(Cc1ccc2ccccc2n1)C1C2C3CCC(C3)C12. The molecule has 0 saturated heterocycles. The molecule has 21 heavy (non-hydrogen) atoms. The van der Waals surface area contributed by atoms with Crippen LogP contribution in [-0.4, -0.2) is 10.4 Å². The van der Waals surface area contributed by atoms with Crippen molar-refractivity contribution in [3.8, 4) is 0 Å². The second-order valence-corrected chi connectivity index (χ2v) is 7.84. The lowest BCUT2D eigenvalue weighted by Crippen LogP contribution is -2.13. The number of para-hydroxylation sites is 1. The highest BCUT2D eigenvalue weighted by Crippen LogP contribution is 2.71. The molecule has 0 radical (unpaired) electrons. The third-order valence-electron chi connectivity index (χ3n) is 6.27. The van der Waals surface area contributed by atoms with E-state index in [2.05, 4.69) is 36.4 Å². The Hall–Kier alpha value is -1.08. The molecule has 0 amide bonds. The molecule has 3 aliphatic rings. The zero-order valence-electron chi connectivity index (χ0n) is 12.1. The van der Waals surface area contributed by atoms with Crippen molar-refractivity contribution in [1.82, 2.24) is 4.98 Å². The molecule has 3 saturated carbocycles. The van der Waals surface area contributed by atoms with Gasteiger partial charge in [-0.3, -0.25) is 4.98 Å². The van der Waals surface area contributed by atoms with Crippen LogP contribution < -0.4 is 0 Å². The van der Waals surface area contributed by atoms with Gasteiger partial charge in [-0.15, -0.1) is 11.6 Å². The molecule has 0 N–H and O–H groups in total. The Morgan fingerprint density at radius 3 is 2.62 bits per heavy atom. The summed E-state index contributed by atoms with van der Waals surface area (Å²) in [6.07, 6.45) is 5.38. The molecule has 1 aromatic carbocycles. The molecule has 2 heteroatoms. The number of alkyl halides is 1. The summed E-state index contributed by atoms with van der Waals surface area (Å²) in [5.41, 5.74) is 2.25. The number of halogens is 1. The minimum absolute atomic E-state index is 0.289. The predicted octanol–water partition coefficient (Wildman–Crippen LogP) is 4.68. The highest BCUT2D eigenvalue weighted by atomic mass is 35.5. The fourth-order valence-corrected chi connectivity index (χ4v) is 5.93. The molecule has 5 unspecified atom stereocenters. The molecule has 5 atom stereocenters. The van der Waals surface area contributed by atoms with Gasteiger partial charge < -0.3 is 0 Å². The van der Waals surface area contributed by atoms with Gasteiger partial charge in [0.1, 0.15) is 0 Å². The molecular weight excluding hydrogens is 278 g/mol. The van der Waals surface area contributed by atoms with Gasteiger partial charge in [0.05, 0.1) is 5.52 Å². The van der Waals surface area contributed by atoms with Crippen LogP contribution in [0.1, 0.15) is 25.0 Å². The summed E-state index contributed by atoms with van der Waals surface area (Å²) < 4.78 is 0. The summed E-state index contributed by atoms with van der Waals surface area (Å²) in [5.74, 6) is 4.73. The van der Waals surface area contributed by atoms with Gasteiger partial charge in [-0.25, -0.2) is 0 Å². The van der Waals surface area contributed by atoms with E-state index in [1.807, 2.05) is 0 Å². The first-order valence-corrected chi connectivity index (χ1v) is 8.73. The Labute approximate surface area is 130 Å². The van der Waals surface area contributed by atoms with Crippen LogP contribution in [-0.2, 0) is 6.42 Å². The van der Waals surface area contributed by atoms with Crippen LogP contribution in [0, 0.1) is 29.6 Å². The quantitative estimate of drug-likeness (QED) is 0.750. The van der Waals surface area contributed by atoms with Gasteiger partial charge in [0, 0.05) is 22.9 Å². The molecule has 5 rings (SSSR count). The van der Waals surface area contributed by atoms with Crippen LogP contribution >= 0.6 is 11.6 Å². The number of hydrogen-bond donors (Lipinski definition) is 0. The number of hydrogen-bond acceptors (Lipinski definition) is 1. The molecule has 1 nitrogen and oxygen atoms in total. The summed E-state index contributed by atoms with van der Waals surface area (Å²) >= 11 is 6.78. The van der Waals surface area contributed by atoms with Crippen molar-refractivity contribution in [2.45, 2.75) is 31.1 Å². The molecule has 2 bridgehead atoms. The van der Waals surface area contributed by atoms with E-state index in [1.54, 1.807) is 0 Å². The van der Waals surface area contributed by atoms with Crippen molar-refractivity contribution in [1.29, 1.82) is 0 Å². The average molecular weight is 298 g/mol. The van der Waals surface area contributed by atoms with E-state index in [0.29, 0.717) is 0 Å². The Morgan fingerprint density at radius 1 is 1.05 bits per heavy atom. The third-order valence-corrected chi connectivity index (χ3v) is 6.72. The van der Waals surface area contributed by atoms with Gasteiger partial charge >= 0.3 is 0 Å². The van der Waals surface area contributed by atoms with Crippen molar-refractivity contribution >= 4 is 22.5 Å². The first-order chi connectivity index (χ1) is 10.3. The molecule has 0 aliphatic heterocycles. The molecule has 1 aromatic heterocycles. The first kappa shape index (κ1) is 12.5. The molecule has 1 heterocycles. The van der Waals surface area contributed by atoms with E-state index >= 15 is 0 Å². The van der Waals surface area contributed by atoms with Gasteiger partial charge in [-0.05, 0) is 61.0 Å². The van der Waals surface area contributed by atoms with Crippen molar-refractivity contribution in [2.75, 3.05) is 0 Å². The van der Waals surface area contributed by atoms with Crippen molar-refractivity contribution < 1.29 is 0 Å². The minimum Gasteiger partial charge on any atom is -0.253 e. The molecule has 3 aliphatic carbocycles. The second kappa shape index (κ2) is 4.46. The summed E-state index contributed by atoms with van der Waals surface area (Å²) in [6, 6.07) is 12.7. The zero-order chi connectivity index (χ0) is 14.0. The number of rotatable bonds is 3. The average Bonchev–Trinajstić information content (AvgIpc) is 2.96.